The molecule has 0 unspecified atom stereocenters. The minimum atomic E-state index is 0.205. The second-order valence-electron chi connectivity index (χ2n) is 7.98. The lowest BCUT2D eigenvalue weighted by molar-refractivity contribution is 0.246. The molecule has 0 radical (unpaired) electrons. The standard InChI is InChI=1S/C27H28N6/c28-21-33(27(29)31-25-11-15-30-16-12-25)20-19-32-17-13-24(14-18-32)26(22-7-3-1-4-8-22)23-9-5-2-6-10-23/h1-12,15-16H,13-14,17-20H2,(H2,29,30,31). The first kappa shape index (κ1) is 22.3. The van der Waals surface area contributed by atoms with E-state index >= 15 is 0 Å². The van der Waals surface area contributed by atoms with Gasteiger partial charge in [-0.3, -0.25) is 4.98 Å². The Bertz CT molecular complexity index is 1080. The maximum absolute atomic E-state index is 9.55. The molecule has 1 aromatic heterocycles. The number of nitrogens with zero attached hydrogens (tertiary/aromatic N) is 5. The van der Waals surface area contributed by atoms with Gasteiger partial charge in [-0.05, 0) is 41.7 Å². The predicted octanol–water partition coefficient (Wildman–Crippen LogP) is 4.41. The monoisotopic (exact) mass is 436 g/mol. The number of rotatable bonds is 6. The largest absolute Gasteiger partial charge is 0.369 e. The molecule has 2 N–H and O–H groups in total. The SMILES string of the molecule is N#CN(CCN1CCC(=C(c2ccccc2)c2ccccc2)CC1)C(N)=Nc1ccncc1. The fourth-order valence-electron chi connectivity index (χ4n) is 4.15. The van der Waals surface area contributed by atoms with Crippen molar-refractivity contribution in [3.63, 3.8) is 0 Å². The van der Waals surface area contributed by atoms with Gasteiger partial charge in [0.15, 0.2) is 6.19 Å². The van der Waals surface area contributed by atoms with E-state index in [1.54, 1.807) is 24.5 Å². The van der Waals surface area contributed by atoms with E-state index in [1.165, 1.54) is 27.2 Å². The van der Waals surface area contributed by atoms with Crippen molar-refractivity contribution in [3.05, 3.63) is 102 Å². The molecular weight excluding hydrogens is 408 g/mol. The third-order valence-corrected chi connectivity index (χ3v) is 5.88. The van der Waals surface area contributed by atoms with Crippen molar-refractivity contribution in [2.75, 3.05) is 26.2 Å². The predicted molar refractivity (Wildman–Crippen MR) is 132 cm³/mol. The summed E-state index contributed by atoms with van der Waals surface area (Å²) in [5.41, 5.74) is 12.1. The maximum atomic E-state index is 9.55. The van der Waals surface area contributed by atoms with Gasteiger partial charge in [0.25, 0.3) is 0 Å². The average Bonchev–Trinajstić information content (AvgIpc) is 2.87. The topological polar surface area (TPSA) is 81.5 Å². The Morgan fingerprint density at radius 3 is 2.06 bits per heavy atom. The van der Waals surface area contributed by atoms with E-state index in [2.05, 4.69) is 81.7 Å². The molecule has 0 atom stereocenters. The van der Waals surface area contributed by atoms with Gasteiger partial charge in [0.2, 0.25) is 5.96 Å². The molecule has 1 saturated heterocycles. The van der Waals surface area contributed by atoms with Gasteiger partial charge in [-0.15, -0.1) is 0 Å². The highest BCUT2D eigenvalue weighted by Crippen LogP contribution is 2.32. The summed E-state index contributed by atoms with van der Waals surface area (Å²) in [5, 5.41) is 9.55. The van der Waals surface area contributed by atoms with Crippen LogP contribution in [0.25, 0.3) is 5.57 Å². The maximum Gasteiger partial charge on any atom is 0.210 e. The lowest BCUT2D eigenvalue weighted by atomic mass is 9.88. The van der Waals surface area contributed by atoms with Gasteiger partial charge in [0.05, 0.1) is 5.69 Å². The molecule has 4 rings (SSSR count). The van der Waals surface area contributed by atoms with Crippen molar-refractivity contribution in [2.45, 2.75) is 12.8 Å². The first-order valence-electron chi connectivity index (χ1n) is 11.2. The van der Waals surface area contributed by atoms with Crippen molar-refractivity contribution >= 4 is 17.2 Å². The van der Waals surface area contributed by atoms with Crippen molar-refractivity contribution < 1.29 is 0 Å². The fraction of sp³-hybridized carbons (Fsp3) is 0.222. The number of aliphatic imine (C=N–C) groups is 1. The number of nitriles is 1. The van der Waals surface area contributed by atoms with Crippen LogP contribution >= 0.6 is 0 Å². The number of pyridine rings is 1. The van der Waals surface area contributed by atoms with Crippen LogP contribution in [0.3, 0.4) is 0 Å². The molecule has 0 spiro atoms. The zero-order chi connectivity index (χ0) is 22.9. The molecule has 6 nitrogen and oxygen atoms in total. The van der Waals surface area contributed by atoms with Crippen LogP contribution in [0.5, 0.6) is 0 Å². The van der Waals surface area contributed by atoms with Gasteiger partial charge in [0.1, 0.15) is 0 Å². The smallest absolute Gasteiger partial charge is 0.210 e. The zero-order valence-electron chi connectivity index (χ0n) is 18.6. The van der Waals surface area contributed by atoms with Gasteiger partial charge in [-0.2, -0.15) is 5.26 Å². The number of aromatic nitrogens is 1. The molecule has 33 heavy (non-hydrogen) atoms. The molecule has 1 fully saturated rings. The zero-order valence-corrected chi connectivity index (χ0v) is 18.6. The van der Waals surface area contributed by atoms with Crippen LogP contribution in [-0.2, 0) is 0 Å². The summed E-state index contributed by atoms with van der Waals surface area (Å²) in [6.07, 6.45) is 7.48. The van der Waals surface area contributed by atoms with Gasteiger partial charge in [-0.1, -0.05) is 66.2 Å². The van der Waals surface area contributed by atoms with E-state index in [0.717, 1.165) is 32.5 Å². The first-order chi connectivity index (χ1) is 16.2. The number of hydrogen-bond donors (Lipinski definition) is 1. The van der Waals surface area contributed by atoms with Crippen molar-refractivity contribution in [1.29, 1.82) is 5.26 Å². The molecule has 1 aliphatic heterocycles. The molecule has 0 aliphatic carbocycles. The van der Waals surface area contributed by atoms with Crippen LogP contribution < -0.4 is 5.73 Å². The van der Waals surface area contributed by atoms with Gasteiger partial charge < -0.3 is 10.6 Å². The number of likely N-dealkylation sites (tertiary alicyclic amines) is 1. The quantitative estimate of drug-likeness (QED) is 0.268. The molecule has 166 valence electrons. The summed E-state index contributed by atoms with van der Waals surface area (Å²) in [5.74, 6) is 0.205. The van der Waals surface area contributed by atoms with Crippen LogP contribution in [0.4, 0.5) is 5.69 Å². The third kappa shape index (κ3) is 5.85. The van der Waals surface area contributed by atoms with Crippen LogP contribution in [0.15, 0.2) is 95.8 Å². The number of guanidine groups is 1. The molecule has 6 heteroatoms. The second kappa shape index (κ2) is 11.1. The highest BCUT2D eigenvalue weighted by Gasteiger charge is 2.20. The lowest BCUT2D eigenvalue weighted by Gasteiger charge is -2.31. The number of piperidine rings is 1. The molecule has 3 aromatic rings. The highest BCUT2D eigenvalue weighted by molar-refractivity contribution is 5.83. The van der Waals surface area contributed by atoms with Crippen LogP contribution in [0.1, 0.15) is 24.0 Å². The van der Waals surface area contributed by atoms with E-state index in [9.17, 15) is 5.26 Å². The number of nitrogens with two attached hydrogens (primary N) is 1. The fourth-order valence-corrected chi connectivity index (χ4v) is 4.15. The number of benzene rings is 2. The van der Waals surface area contributed by atoms with Crippen LogP contribution in [0.2, 0.25) is 0 Å². The summed E-state index contributed by atoms with van der Waals surface area (Å²) in [6.45, 7) is 3.19. The third-order valence-electron chi connectivity index (χ3n) is 5.88. The van der Waals surface area contributed by atoms with Crippen molar-refractivity contribution in [3.8, 4) is 6.19 Å². The lowest BCUT2D eigenvalue weighted by Crippen LogP contribution is -2.41. The summed E-state index contributed by atoms with van der Waals surface area (Å²) < 4.78 is 0. The first-order valence-corrected chi connectivity index (χ1v) is 11.2. The van der Waals surface area contributed by atoms with E-state index in [1.807, 2.05) is 0 Å². The summed E-state index contributed by atoms with van der Waals surface area (Å²) in [6, 6.07) is 24.8. The van der Waals surface area contributed by atoms with E-state index < -0.39 is 0 Å². The van der Waals surface area contributed by atoms with E-state index in [4.69, 9.17) is 5.73 Å². The number of hydrogen-bond acceptors (Lipinski definition) is 4. The summed E-state index contributed by atoms with van der Waals surface area (Å²) in [7, 11) is 0. The van der Waals surface area contributed by atoms with Gasteiger partial charge >= 0.3 is 0 Å². The van der Waals surface area contributed by atoms with Crippen molar-refractivity contribution in [1.82, 2.24) is 14.8 Å². The molecule has 2 heterocycles. The molecule has 2 aromatic carbocycles. The summed E-state index contributed by atoms with van der Waals surface area (Å²) in [4.78, 5) is 12.1. The molecule has 0 saturated carbocycles. The van der Waals surface area contributed by atoms with Crippen LogP contribution in [0, 0.1) is 11.5 Å². The normalized spacial score (nSPS) is 14.5. The van der Waals surface area contributed by atoms with E-state index in [0.29, 0.717) is 12.2 Å². The Kier molecular flexibility index (Phi) is 7.47. The second-order valence-corrected chi connectivity index (χ2v) is 7.98. The average molecular weight is 437 g/mol. The van der Waals surface area contributed by atoms with E-state index in [-0.39, 0.29) is 5.96 Å². The van der Waals surface area contributed by atoms with Crippen molar-refractivity contribution in [2.24, 2.45) is 10.7 Å². The Morgan fingerprint density at radius 2 is 1.52 bits per heavy atom. The molecule has 1 aliphatic rings. The Balaban J connectivity index is 1.42. The minimum absolute atomic E-state index is 0.205. The Morgan fingerprint density at radius 1 is 0.939 bits per heavy atom. The summed E-state index contributed by atoms with van der Waals surface area (Å²) >= 11 is 0. The van der Waals surface area contributed by atoms with Gasteiger partial charge in [-0.25, -0.2) is 9.89 Å². The molecule has 0 amide bonds. The Labute approximate surface area is 195 Å². The molecule has 0 bridgehead atoms. The minimum Gasteiger partial charge on any atom is -0.369 e. The van der Waals surface area contributed by atoms with Gasteiger partial charge in [0, 0.05) is 38.6 Å². The highest BCUT2D eigenvalue weighted by atomic mass is 15.3. The Hall–Kier alpha value is -3.95. The van der Waals surface area contributed by atoms with Crippen LogP contribution in [-0.4, -0.2) is 46.9 Å². The molecular formula is C27H28N6.